The maximum atomic E-state index is 5.87. The molecular weight excluding hydrogens is 252 g/mol. The fraction of sp³-hybridized carbons (Fsp3) is 0.375. The van der Waals surface area contributed by atoms with Gasteiger partial charge < -0.3 is 5.73 Å². The van der Waals surface area contributed by atoms with Gasteiger partial charge in [0.1, 0.15) is 0 Å². The van der Waals surface area contributed by atoms with Crippen molar-refractivity contribution in [1.29, 1.82) is 0 Å². The van der Waals surface area contributed by atoms with Crippen molar-refractivity contribution in [3.63, 3.8) is 0 Å². The molecule has 1 aromatic carbocycles. The lowest BCUT2D eigenvalue weighted by molar-refractivity contribution is 0.251. The van der Waals surface area contributed by atoms with Crippen LogP contribution in [0.4, 0.5) is 5.69 Å². The second-order valence-corrected chi connectivity index (χ2v) is 6.64. The van der Waals surface area contributed by atoms with E-state index in [2.05, 4.69) is 36.1 Å². The summed E-state index contributed by atoms with van der Waals surface area (Å²) in [6, 6.07) is 13.4. The minimum Gasteiger partial charge on any atom is -0.399 e. The van der Waals surface area contributed by atoms with Gasteiger partial charge in [-0.2, -0.15) is 0 Å². The van der Waals surface area contributed by atoms with Crippen LogP contribution < -0.4 is 5.73 Å². The number of aryl methyl sites for hydroxylation is 1. The summed E-state index contributed by atoms with van der Waals surface area (Å²) in [5.74, 6) is 0. The van der Waals surface area contributed by atoms with Crippen LogP contribution in [0.5, 0.6) is 0 Å². The Morgan fingerprint density at radius 1 is 1.32 bits per heavy atom. The quantitative estimate of drug-likeness (QED) is 0.856. The summed E-state index contributed by atoms with van der Waals surface area (Å²) in [6.45, 7) is 4.38. The first kappa shape index (κ1) is 12.7. The molecule has 0 aliphatic carbocycles. The first-order chi connectivity index (χ1) is 9.22. The van der Waals surface area contributed by atoms with Crippen molar-refractivity contribution in [3.05, 3.63) is 51.7 Å². The molecule has 2 N–H and O–H groups in total. The minimum absolute atomic E-state index is 0.597. The van der Waals surface area contributed by atoms with E-state index in [9.17, 15) is 0 Å². The predicted molar refractivity (Wildman–Crippen MR) is 82.3 cm³/mol. The van der Waals surface area contributed by atoms with Crippen molar-refractivity contribution in [2.75, 3.05) is 12.3 Å². The van der Waals surface area contributed by atoms with E-state index in [1.165, 1.54) is 34.7 Å². The second-order valence-electron chi connectivity index (χ2n) is 5.32. The number of rotatable bonds is 3. The van der Waals surface area contributed by atoms with E-state index in [0.29, 0.717) is 6.04 Å². The van der Waals surface area contributed by atoms with Crippen LogP contribution in [0.25, 0.3) is 0 Å². The van der Waals surface area contributed by atoms with Crippen LogP contribution in [0, 0.1) is 6.92 Å². The van der Waals surface area contributed by atoms with Gasteiger partial charge in [0.25, 0.3) is 0 Å². The Balaban J connectivity index is 1.76. The van der Waals surface area contributed by atoms with Gasteiger partial charge in [-0.3, -0.25) is 4.90 Å². The van der Waals surface area contributed by atoms with Crippen LogP contribution in [0.3, 0.4) is 0 Å². The normalized spacial score (nSPS) is 19.9. The van der Waals surface area contributed by atoms with Crippen LogP contribution >= 0.6 is 11.3 Å². The highest BCUT2D eigenvalue weighted by Crippen LogP contribution is 2.36. The lowest BCUT2D eigenvalue weighted by Crippen LogP contribution is -2.22. The smallest absolute Gasteiger partial charge is 0.0445 e. The third-order valence-electron chi connectivity index (χ3n) is 3.79. The van der Waals surface area contributed by atoms with Crippen LogP contribution in [-0.4, -0.2) is 11.4 Å². The van der Waals surface area contributed by atoms with Crippen LogP contribution in [-0.2, 0) is 6.54 Å². The predicted octanol–water partition coefficient (Wildman–Crippen LogP) is 3.98. The zero-order valence-corrected chi connectivity index (χ0v) is 12.1. The third kappa shape index (κ3) is 2.82. The third-order valence-corrected chi connectivity index (χ3v) is 4.89. The minimum atomic E-state index is 0.597. The molecule has 1 aromatic heterocycles. The zero-order chi connectivity index (χ0) is 13.2. The highest BCUT2D eigenvalue weighted by atomic mass is 32.1. The topological polar surface area (TPSA) is 29.3 Å². The Kier molecular flexibility index (Phi) is 3.58. The van der Waals surface area contributed by atoms with E-state index in [1.54, 1.807) is 0 Å². The van der Waals surface area contributed by atoms with Crippen molar-refractivity contribution < 1.29 is 0 Å². The van der Waals surface area contributed by atoms with E-state index < -0.39 is 0 Å². The summed E-state index contributed by atoms with van der Waals surface area (Å²) in [5, 5.41) is 0. The SMILES string of the molecule is Cc1ccc(C2CCCN2Cc2cccc(N)c2)s1. The highest BCUT2D eigenvalue weighted by molar-refractivity contribution is 7.12. The lowest BCUT2D eigenvalue weighted by Gasteiger charge is -2.23. The van der Waals surface area contributed by atoms with Gasteiger partial charge in [-0.1, -0.05) is 12.1 Å². The second kappa shape index (κ2) is 5.35. The van der Waals surface area contributed by atoms with E-state index in [1.807, 2.05) is 23.5 Å². The van der Waals surface area contributed by atoms with E-state index in [4.69, 9.17) is 5.73 Å². The Labute approximate surface area is 118 Å². The molecule has 1 aliphatic heterocycles. The fourth-order valence-electron chi connectivity index (χ4n) is 2.90. The van der Waals surface area contributed by atoms with Crippen LogP contribution in [0.15, 0.2) is 36.4 Å². The van der Waals surface area contributed by atoms with Gasteiger partial charge in [-0.15, -0.1) is 11.3 Å². The maximum Gasteiger partial charge on any atom is 0.0445 e. The van der Waals surface area contributed by atoms with Crippen molar-refractivity contribution in [1.82, 2.24) is 4.90 Å². The standard InChI is InChI=1S/C16H20N2S/c1-12-7-8-16(19-12)15-6-3-9-18(15)11-13-4-2-5-14(17)10-13/h2,4-5,7-8,10,15H,3,6,9,11,17H2,1H3. The van der Waals surface area contributed by atoms with Gasteiger partial charge in [0.2, 0.25) is 0 Å². The molecule has 0 saturated carbocycles. The summed E-state index contributed by atoms with van der Waals surface area (Å²) < 4.78 is 0. The molecule has 0 radical (unpaired) electrons. The molecule has 1 atom stereocenters. The summed E-state index contributed by atoms with van der Waals surface area (Å²) in [5.41, 5.74) is 8.05. The largest absolute Gasteiger partial charge is 0.399 e. The molecule has 2 heterocycles. The van der Waals surface area contributed by atoms with E-state index in [0.717, 1.165) is 12.2 Å². The number of nitrogens with two attached hydrogens (primary N) is 1. The number of benzene rings is 1. The van der Waals surface area contributed by atoms with Crippen molar-refractivity contribution in [3.8, 4) is 0 Å². The molecule has 19 heavy (non-hydrogen) atoms. The number of thiophene rings is 1. The average molecular weight is 272 g/mol. The number of anilines is 1. The summed E-state index contributed by atoms with van der Waals surface area (Å²) in [7, 11) is 0. The van der Waals surface area contributed by atoms with Gasteiger partial charge >= 0.3 is 0 Å². The van der Waals surface area contributed by atoms with E-state index in [-0.39, 0.29) is 0 Å². The summed E-state index contributed by atoms with van der Waals surface area (Å²) in [6.07, 6.45) is 2.58. The molecule has 1 fully saturated rings. The van der Waals surface area contributed by atoms with Gasteiger partial charge in [0.15, 0.2) is 0 Å². The van der Waals surface area contributed by atoms with Crippen molar-refractivity contribution in [2.45, 2.75) is 32.4 Å². The molecule has 0 bridgehead atoms. The Morgan fingerprint density at radius 3 is 2.95 bits per heavy atom. The molecule has 1 saturated heterocycles. The maximum absolute atomic E-state index is 5.87. The molecule has 1 aliphatic rings. The molecular formula is C16H20N2S. The summed E-state index contributed by atoms with van der Waals surface area (Å²) in [4.78, 5) is 5.50. The molecule has 2 aromatic rings. The van der Waals surface area contributed by atoms with Gasteiger partial charge in [0.05, 0.1) is 0 Å². The zero-order valence-electron chi connectivity index (χ0n) is 11.3. The molecule has 0 spiro atoms. The lowest BCUT2D eigenvalue weighted by atomic mass is 10.1. The van der Waals surface area contributed by atoms with E-state index >= 15 is 0 Å². The number of nitrogen functional groups attached to an aromatic ring is 1. The fourth-order valence-corrected chi connectivity index (χ4v) is 3.94. The van der Waals surface area contributed by atoms with Crippen LogP contribution in [0.2, 0.25) is 0 Å². The molecule has 3 rings (SSSR count). The number of hydrogen-bond donors (Lipinski definition) is 1. The number of likely N-dealkylation sites (tertiary alicyclic amines) is 1. The van der Waals surface area contributed by atoms with Crippen LogP contribution in [0.1, 0.15) is 34.2 Å². The Bertz CT molecular complexity index is 561. The molecule has 100 valence electrons. The van der Waals surface area contributed by atoms with Crippen molar-refractivity contribution in [2.24, 2.45) is 0 Å². The average Bonchev–Trinajstić information content (AvgIpc) is 2.98. The molecule has 0 amide bonds. The number of nitrogens with zero attached hydrogens (tertiary/aromatic N) is 1. The highest BCUT2D eigenvalue weighted by Gasteiger charge is 2.26. The van der Waals surface area contributed by atoms with Gasteiger partial charge in [-0.25, -0.2) is 0 Å². The number of hydrogen-bond acceptors (Lipinski definition) is 3. The summed E-state index contributed by atoms with van der Waals surface area (Å²) >= 11 is 1.94. The van der Waals surface area contributed by atoms with Gasteiger partial charge in [-0.05, 0) is 56.1 Å². The molecule has 2 nitrogen and oxygen atoms in total. The Hall–Kier alpha value is -1.32. The molecule has 1 unspecified atom stereocenters. The Morgan fingerprint density at radius 2 is 2.21 bits per heavy atom. The first-order valence-electron chi connectivity index (χ1n) is 6.87. The monoisotopic (exact) mass is 272 g/mol. The van der Waals surface area contributed by atoms with Crippen molar-refractivity contribution >= 4 is 17.0 Å². The first-order valence-corrected chi connectivity index (χ1v) is 7.69. The van der Waals surface area contributed by atoms with Gasteiger partial charge in [0, 0.05) is 28.0 Å². The molecule has 3 heteroatoms.